The summed E-state index contributed by atoms with van der Waals surface area (Å²) in [6, 6.07) is 12.5. The van der Waals surface area contributed by atoms with Crippen molar-refractivity contribution in [2.75, 3.05) is 19.6 Å². The number of carbonyl (C=O) groups is 2. The van der Waals surface area contributed by atoms with Gasteiger partial charge in [-0.1, -0.05) is 18.2 Å². The summed E-state index contributed by atoms with van der Waals surface area (Å²) in [5.74, 6) is -0.837. The molecule has 0 N–H and O–H groups in total. The van der Waals surface area contributed by atoms with Crippen LogP contribution in [0, 0.1) is 17.1 Å². The van der Waals surface area contributed by atoms with Crippen molar-refractivity contribution in [3.63, 3.8) is 0 Å². The lowest BCUT2D eigenvalue weighted by Crippen LogP contribution is -2.57. The minimum Gasteiger partial charge on any atom is -0.339 e. The second-order valence-electron chi connectivity index (χ2n) is 6.48. The second kappa shape index (κ2) is 7.58. The molecule has 1 heterocycles. The Hall–Kier alpha value is -3.20. The molecule has 1 saturated heterocycles. The lowest BCUT2D eigenvalue weighted by Gasteiger charge is -2.38. The van der Waals surface area contributed by atoms with Crippen molar-refractivity contribution in [2.24, 2.45) is 0 Å². The lowest BCUT2D eigenvalue weighted by molar-refractivity contribution is -0.139. The van der Waals surface area contributed by atoms with E-state index in [0.717, 1.165) is 0 Å². The van der Waals surface area contributed by atoms with Gasteiger partial charge in [0.05, 0.1) is 5.56 Å². The molecule has 0 unspecified atom stereocenters. The first-order chi connectivity index (χ1) is 13.0. The van der Waals surface area contributed by atoms with E-state index < -0.39 is 11.9 Å². The van der Waals surface area contributed by atoms with Gasteiger partial charge in [-0.15, -0.1) is 0 Å². The van der Waals surface area contributed by atoms with Crippen molar-refractivity contribution < 1.29 is 14.0 Å². The molecule has 2 aromatic rings. The minimum atomic E-state index is -0.574. The van der Waals surface area contributed by atoms with Gasteiger partial charge in [-0.25, -0.2) is 4.39 Å². The highest BCUT2D eigenvalue weighted by Gasteiger charge is 2.33. The van der Waals surface area contributed by atoms with Crippen molar-refractivity contribution >= 4 is 11.8 Å². The summed E-state index contributed by atoms with van der Waals surface area (Å²) in [6.07, 6.45) is 0. The van der Waals surface area contributed by atoms with Crippen LogP contribution in [0.2, 0.25) is 0 Å². The molecular weight excluding hydrogens is 345 g/mol. The van der Waals surface area contributed by atoms with Crippen LogP contribution < -0.4 is 0 Å². The van der Waals surface area contributed by atoms with Crippen molar-refractivity contribution in [1.29, 1.82) is 5.26 Å². The van der Waals surface area contributed by atoms with Crippen molar-refractivity contribution in [3.8, 4) is 17.2 Å². The van der Waals surface area contributed by atoms with E-state index in [1.165, 1.54) is 12.1 Å². The predicted molar refractivity (Wildman–Crippen MR) is 99.3 cm³/mol. The molecule has 3 rings (SSSR count). The molecule has 1 fully saturated rings. The maximum absolute atomic E-state index is 13.6. The first-order valence-electron chi connectivity index (χ1n) is 8.86. The van der Waals surface area contributed by atoms with E-state index in [0.29, 0.717) is 36.3 Å². The van der Waals surface area contributed by atoms with E-state index in [1.807, 2.05) is 13.0 Å². The molecular formula is C21H20FN3O2. The monoisotopic (exact) mass is 365 g/mol. The van der Waals surface area contributed by atoms with Crippen LogP contribution in [-0.2, 0) is 4.79 Å². The Kier molecular flexibility index (Phi) is 5.22. The highest BCUT2D eigenvalue weighted by molar-refractivity contribution is 5.99. The number of amides is 2. The maximum atomic E-state index is 13.6. The summed E-state index contributed by atoms with van der Waals surface area (Å²) < 4.78 is 13.6. The Labute approximate surface area is 157 Å². The standard InChI is InChI=1S/C21H20FN3O2/c1-3-24-9-10-25(14(2)20(24)26)21(27)17-6-4-5-15(11-17)16-7-8-19(22)18(12-16)13-23/h4-8,11-12,14H,3,9-10H2,1-2H3/t14-/m0/s1. The molecule has 0 saturated carbocycles. The number of nitriles is 1. The topological polar surface area (TPSA) is 64.4 Å². The summed E-state index contributed by atoms with van der Waals surface area (Å²) in [4.78, 5) is 28.6. The molecule has 5 nitrogen and oxygen atoms in total. The first-order valence-corrected chi connectivity index (χ1v) is 8.86. The van der Waals surface area contributed by atoms with Crippen molar-refractivity contribution in [1.82, 2.24) is 9.80 Å². The Balaban J connectivity index is 1.89. The molecule has 0 aliphatic carbocycles. The molecule has 1 aliphatic heterocycles. The van der Waals surface area contributed by atoms with E-state index in [9.17, 15) is 14.0 Å². The summed E-state index contributed by atoms with van der Waals surface area (Å²) in [6.45, 7) is 5.30. The third kappa shape index (κ3) is 3.54. The quantitative estimate of drug-likeness (QED) is 0.840. The minimum absolute atomic E-state index is 0.0425. The normalized spacial score (nSPS) is 17.0. The average molecular weight is 365 g/mol. The number of piperazine rings is 1. The highest BCUT2D eigenvalue weighted by Crippen LogP contribution is 2.24. The average Bonchev–Trinajstić information content (AvgIpc) is 2.70. The third-order valence-electron chi connectivity index (χ3n) is 4.92. The number of rotatable bonds is 3. The van der Waals surface area contributed by atoms with Gasteiger partial charge in [0.1, 0.15) is 17.9 Å². The summed E-state index contributed by atoms with van der Waals surface area (Å²) in [7, 11) is 0. The van der Waals surface area contributed by atoms with Gasteiger partial charge in [0.15, 0.2) is 0 Å². The number of hydrogen-bond donors (Lipinski definition) is 0. The zero-order valence-electron chi connectivity index (χ0n) is 15.3. The number of hydrogen-bond acceptors (Lipinski definition) is 3. The summed E-state index contributed by atoms with van der Waals surface area (Å²) >= 11 is 0. The second-order valence-corrected chi connectivity index (χ2v) is 6.48. The van der Waals surface area contributed by atoms with E-state index in [-0.39, 0.29) is 17.4 Å². The van der Waals surface area contributed by atoms with Crippen LogP contribution >= 0.6 is 0 Å². The zero-order valence-corrected chi connectivity index (χ0v) is 15.3. The molecule has 0 bridgehead atoms. The molecule has 2 aromatic carbocycles. The maximum Gasteiger partial charge on any atom is 0.254 e. The highest BCUT2D eigenvalue weighted by atomic mass is 19.1. The van der Waals surface area contributed by atoms with Gasteiger partial charge in [0, 0.05) is 25.2 Å². The van der Waals surface area contributed by atoms with Gasteiger partial charge in [-0.2, -0.15) is 5.26 Å². The SMILES string of the molecule is CCN1CCN(C(=O)c2cccc(-c3ccc(F)c(C#N)c3)c2)[C@@H](C)C1=O. The smallest absolute Gasteiger partial charge is 0.254 e. The van der Waals surface area contributed by atoms with Crippen LogP contribution in [0.3, 0.4) is 0 Å². The van der Waals surface area contributed by atoms with Crippen LogP contribution in [0.4, 0.5) is 4.39 Å². The van der Waals surface area contributed by atoms with Gasteiger partial charge in [-0.05, 0) is 49.2 Å². The number of benzene rings is 2. The molecule has 0 radical (unpaired) electrons. The molecule has 138 valence electrons. The fourth-order valence-electron chi connectivity index (χ4n) is 3.31. The molecule has 0 aromatic heterocycles. The van der Waals surface area contributed by atoms with E-state index in [2.05, 4.69) is 0 Å². The largest absolute Gasteiger partial charge is 0.339 e. The van der Waals surface area contributed by atoms with Crippen LogP contribution in [0.15, 0.2) is 42.5 Å². The van der Waals surface area contributed by atoms with Gasteiger partial charge in [-0.3, -0.25) is 9.59 Å². The number of likely N-dealkylation sites (N-methyl/N-ethyl adjacent to an activating group) is 1. The third-order valence-corrected chi connectivity index (χ3v) is 4.92. The molecule has 27 heavy (non-hydrogen) atoms. The van der Waals surface area contributed by atoms with E-state index >= 15 is 0 Å². The van der Waals surface area contributed by atoms with Crippen molar-refractivity contribution in [2.45, 2.75) is 19.9 Å². The van der Waals surface area contributed by atoms with Crippen LogP contribution in [0.1, 0.15) is 29.8 Å². The van der Waals surface area contributed by atoms with Crippen LogP contribution in [-0.4, -0.2) is 47.3 Å². The molecule has 6 heteroatoms. The number of carbonyl (C=O) groups excluding carboxylic acids is 2. The Morgan fingerprint density at radius 1 is 1.22 bits per heavy atom. The van der Waals surface area contributed by atoms with Gasteiger partial charge in [0.25, 0.3) is 5.91 Å². The molecule has 1 aliphatic rings. The fourth-order valence-corrected chi connectivity index (χ4v) is 3.31. The molecule has 2 amide bonds. The number of nitrogens with zero attached hydrogens (tertiary/aromatic N) is 3. The number of halogens is 1. The van der Waals surface area contributed by atoms with Gasteiger partial charge in [0.2, 0.25) is 5.91 Å². The Bertz CT molecular complexity index is 935. The first kappa shape index (κ1) is 18.6. The molecule has 1 atom stereocenters. The van der Waals surface area contributed by atoms with Crippen molar-refractivity contribution in [3.05, 3.63) is 59.4 Å². The summed E-state index contributed by atoms with van der Waals surface area (Å²) in [5, 5.41) is 9.01. The van der Waals surface area contributed by atoms with Gasteiger partial charge < -0.3 is 9.80 Å². The van der Waals surface area contributed by atoms with E-state index in [4.69, 9.17) is 5.26 Å². The lowest BCUT2D eigenvalue weighted by atomic mass is 10.00. The van der Waals surface area contributed by atoms with E-state index in [1.54, 1.807) is 47.1 Å². The van der Waals surface area contributed by atoms with Crippen LogP contribution in [0.25, 0.3) is 11.1 Å². The molecule has 0 spiro atoms. The van der Waals surface area contributed by atoms with Gasteiger partial charge >= 0.3 is 0 Å². The fraction of sp³-hybridized carbons (Fsp3) is 0.286. The summed E-state index contributed by atoms with van der Waals surface area (Å²) in [5.41, 5.74) is 1.78. The van der Waals surface area contributed by atoms with Crippen LogP contribution in [0.5, 0.6) is 0 Å². The Morgan fingerprint density at radius 2 is 1.96 bits per heavy atom. The Morgan fingerprint density at radius 3 is 2.67 bits per heavy atom. The predicted octanol–water partition coefficient (Wildman–Crippen LogP) is 3.06. The zero-order chi connectivity index (χ0) is 19.6.